The van der Waals surface area contributed by atoms with Crippen molar-refractivity contribution in [2.45, 2.75) is 100 Å². The van der Waals surface area contributed by atoms with E-state index >= 15 is 0 Å². The van der Waals surface area contributed by atoms with Gasteiger partial charge in [0.1, 0.15) is 35.2 Å². The standard InChI is InChI=1S/C34H45N7O8S/c1-4-48-28-19-23(12-16-35-28)49-24-18-27-30(43)37-34(32(45)39-50(46,47)33(2)14-15-33)20-22(34)10-8-6-5-7-9-11-26(31(44)41(27)21-24)36-29(42)25-13-17-40(3)38-25/h8,10,12-13,16-17,19,22,24,26-27H,4-7,9,11,14-15,18,20-21H2,1-3H3,(H,36,42)(H,37,43)(H,39,45)/b10-8+/t22-,24-,26+,27+,34-/m1/s1. The molecule has 4 heterocycles. The number of hydrogen-bond donors (Lipinski definition) is 3. The number of pyridine rings is 1. The lowest BCUT2D eigenvalue weighted by Crippen LogP contribution is -2.58. The van der Waals surface area contributed by atoms with E-state index in [1.165, 1.54) is 15.8 Å². The van der Waals surface area contributed by atoms with Crippen LogP contribution in [0.2, 0.25) is 0 Å². The van der Waals surface area contributed by atoms with E-state index in [1.807, 2.05) is 19.1 Å². The van der Waals surface area contributed by atoms with Gasteiger partial charge in [0.15, 0.2) is 0 Å². The van der Waals surface area contributed by atoms with Gasteiger partial charge in [-0.3, -0.25) is 28.6 Å². The van der Waals surface area contributed by atoms with Crippen LogP contribution in [0.4, 0.5) is 0 Å². The van der Waals surface area contributed by atoms with Crippen LogP contribution in [0, 0.1) is 5.92 Å². The molecule has 2 aromatic rings. The van der Waals surface area contributed by atoms with Gasteiger partial charge in [0.25, 0.3) is 11.8 Å². The number of aryl methyl sites for hydroxylation is 1. The molecular weight excluding hydrogens is 666 g/mol. The zero-order chi connectivity index (χ0) is 35.7. The molecule has 0 bridgehead atoms. The second-order valence-electron chi connectivity index (χ2n) is 13.9. The number of amides is 4. The second kappa shape index (κ2) is 14.0. The number of sulfonamides is 1. The number of fused-ring (bicyclic) bond motifs is 2. The number of allylic oxidation sites excluding steroid dienone is 1. The molecule has 3 fully saturated rings. The average molecular weight is 712 g/mol. The quantitative estimate of drug-likeness (QED) is 0.323. The number of aromatic nitrogens is 3. The predicted octanol–water partition coefficient (Wildman–Crippen LogP) is 1.75. The predicted molar refractivity (Wildman–Crippen MR) is 180 cm³/mol. The summed E-state index contributed by atoms with van der Waals surface area (Å²) in [7, 11) is -2.28. The average Bonchev–Trinajstić information content (AvgIpc) is 3.87. The Bertz CT molecular complexity index is 1770. The maximum absolute atomic E-state index is 14.4. The van der Waals surface area contributed by atoms with Crippen molar-refractivity contribution in [1.82, 2.24) is 35.0 Å². The topological polar surface area (TPSA) is 191 Å². The van der Waals surface area contributed by atoms with Gasteiger partial charge in [-0.1, -0.05) is 25.0 Å². The van der Waals surface area contributed by atoms with Crippen molar-refractivity contribution < 1.29 is 37.1 Å². The van der Waals surface area contributed by atoms with Gasteiger partial charge in [-0.2, -0.15) is 5.10 Å². The molecule has 2 aliphatic heterocycles. The highest BCUT2D eigenvalue weighted by Gasteiger charge is 2.63. The van der Waals surface area contributed by atoms with E-state index < -0.39 is 68.0 Å². The molecule has 0 spiro atoms. The van der Waals surface area contributed by atoms with Crippen LogP contribution in [-0.2, 0) is 31.5 Å². The zero-order valence-electron chi connectivity index (χ0n) is 28.6. The summed E-state index contributed by atoms with van der Waals surface area (Å²) in [6.07, 6.45) is 10.8. The molecular formula is C34H45N7O8S. The first-order chi connectivity index (χ1) is 23.8. The van der Waals surface area contributed by atoms with E-state index in [0.29, 0.717) is 50.3 Å². The molecule has 270 valence electrons. The van der Waals surface area contributed by atoms with Crippen LogP contribution >= 0.6 is 0 Å². The van der Waals surface area contributed by atoms with E-state index in [4.69, 9.17) is 9.47 Å². The van der Waals surface area contributed by atoms with Crippen LogP contribution in [0.1, 0.15) is 82.1 Å². The normalized spacial score (nSPS) is 28.5. The van der Waals surface area contributed by atoms with Gasteiger partial charge in [-0.15, -0.1) is 0 Å². The maximum atomic E-state index is 14.4. The van der Waals surface area contributed by atoms with Crippen LogP contribution < -0.4 is 24.8 Å². The molecule has 2 aliphatic carbocycles. The van der Waals surface area contributed by atoms with Crippen molar-refractivity contribution in [3.63, 3.8) is 0 Å². The van der Waals surface area contributed by atoms with Gasteiger partial charge in [0.2, 0.25) is 27.7 Å². The fraction of sp³-hybridized carbons (Fsp3) is 0.588. The summed E-state index contributed by atoms with van der Waals surface area (Å²) < 4.78 is 40.6. The summed E-state index contributed by atoms with van der Waals surface area (Å²) in [6, 6.07) is 2.80. The van der Waals surface area contributed by atoms with Gasteiger partial charge in [-0.25, -0.2) is 13.4 Å². The Kier molecular flexibility index (Phi) is 9.93. The monoisotopic (exact) mass is 711 g/mol. The molecule has 50 heavy (non-hydrogen) atoms. The molecule has 16 heteroatoms. The molecule has 4 amide bonds. The van der Waals surface area contributed by atoms with Crippen molar-refractivity contribution in [1.29, 1.82) is 0 Å². The summed E-state index contributed by atoms with van der Waals surface area (Å²) in [4.78, 5) is 61.1. The summed E-state index contributed by atoms with van der Waals surface area (Å²) in [5.41, 5.74) is -1.34. The number of carbonyl (C=O) groups excluding carboxylic acids is 4. The Morgan fingerprint density at radius 1 is 1.16 bits per heavy atom. The van der Waals surface area contributed by atoms with E-state index in [-0.39, 0.29) is 25.1 Å². The minimum atomic E-state index is -3.97. The molecule has 5 atom stereocenters. The summed E-state index contributed by atoms with van der Waals surface area (Å²) in [5, 5.41) is 9.88. The van der Waals surface area contributed by atoms with Crippen LogP contribution in [0.3, 0.4) is 0 Å². The van der Waals surface area contributed by atoms with Crippen molar-refractivity contribution in [3.8, 4) is 11.6 Å². The maximum Gasteiger partial charge on any atom is 0.272 e. The molecule has 3 N–H and O–H groups in total. The third-order valence-corrected chi connectivity index (χ3v) is 12.2. The lowest BCUT2D eigenvalue weighted by Gasteiger charge is -2.30. The molecule has 1 saturated heterocycles. The molecule has 0 radical (unpaired) electrons. The smallest absolute Gasteiger partial charge is 0.272 e. The SMILES string of the molecule is CCOc1cc(O[C@@H]2C[C@H]3C(=O)N[C@]4(C(=O)NS(=O)(=O)C5(C)CC5)C[C@H]4/C=C/CCCCC[C@H](NC(=O)c4ccn(C)n4)C(=O)N3C2)ccn1. The summed E-state index contributed by atoms with van der Waals surface area (Å²) in [6.45, 7) is 3.85. The van der Waals surface area contributed by atoms with Crippen molar-refractivity contribution in [2.75, 3.05) is 13.2 Å². The highest BCUT2D eigenvalue weighted by molar-refractivity contribution is 7.91. The number of nitrogens with zero attached hydrogens (tertiary/aromatic N) is 4. The van der Waals surface area contributed by atoms with Crippen molar-refractivity contribution >= 4 is 33.7 Å². The first-order valence-electron chi connectivity index (χ1n) is 17.3. The third-order valence-electron chi connectivity index (χ3n) is 10.0. The van der Waals surface area contributed by atoms with E-state index in [0.717, 1.165) is 12.8 Å². The van der Waals surface area contributed by atoms with E-state index in [9.17, 15) is 27.6 Å². The number of hydrogen-bond acceptors (Lipinski definition) is 10. The number of rotatable bonds is 9. The fourth-order valence-electron chi connectivity index (χ4n) is 6.60. The molecule has 4 aliphatic rings. The first-order valence-corrected chi connectivity index (χ1v) is 18.7. The third kappa shape index (κ3) is 7.49. The van der Waals surface area contributed by atoms with E-state index in [2.05, 4.69) is 25.4 Å². The summed E-state index contributed by atoms with van der Waals surface area (Å²) >= 11 is 0. The van der Waals surface area contributed by atoms with Gasteiger partial charge < -0.3 is 25.0 Å². The lowest BCUT2D eigenvalue weighted by molar-refractivity contribution is -0.141. The fourth-order valence-corrected chi connectivity index (χ4v) is 7.91. The van der Waals surface area contributed by atoms with Crippen molar-refractivity contribution in [3.05, 3.63) is 48.4 Å². The van der Waals surface area contributed by atoms with Gasteiger partial charge >= 0.3 is 0 Å². The second-order valence-corrected chi connectivity index (χ2v) is 16.1. The molecule has 15 nitrogen and oxygen atoms in total. The minimum absolute atomic E-state index is 0.0223. The lowest BCUT2D eigenvalue weighted by atomic mass is 10.0. The van der Waals surface area contributed by atoms with Gasteiger partial charge in [-0.05, 0) is 64.5 Å². The summed E-state index contributed by atoms with van der Waals surface area (Å²) in [5.74, 6) is -2.00. The Labute approximate surface area is 291 Å². The van der Waals surface area contributed by atoms with Crippen LogP contribution in [0.5, 0.6) is 11.6 Å². The molecule has 2 saturated carbocycles. The Morgan fingerprint density at radius 2 is 1.96 bits per heavy atom. The van der Waals surface area contributed by atoms with Crippen LogP contribution in [0.25, 0.3) is 0 Å². The van der Waals surface area contributed by atoms with Gasteiger partial charge in [0, 0.05) is 37.8 Å². The highest BCUT2D eigenvalue weighted by Crippen LogP contribution is 2.47. The largest absolute Gasteiger partial charge is 0.488 e. The van der Waals surface area contributed by atoms with Crippen LogP contribution in [0.15, 0.2) is 42.7 Å². The first kappa shape index (κ1) is 35.4. The Balaban J connectivity index is 1.29. The number of nitrogens with one attached hydrogen (secondary N) is 3. The number of ether oxygens (including phenoxy) is 2. The van der Waals surface area contributed by atoms with Crippen molar-refractivity contribution in [2.24, 2.45) is 13.0 Å². The van der Waals surface area contributed by atoms with E-state index in [1.54, 1.807) is 38.4 Å². The molecule has 0 unspecified atom stereocenters. The Morgan fingerprint density at radius 3 is 2.68 bits per heavy atom. The minimum Gasteiger partial charge on any atom is -0.488 e. The molecule has 2 aromatic heterocycles. The highest BCUT2D eigenvalue weighted by atomic mass is 32.2. The van der Waals surface area contributed by atoms with Gasteiger partial charge in [0.05, 0.1) is 17.9 Å². The Hall–Kier alpha value is -4.47. The zero-order valence-corrected chi connectivity index (χ0v) is 29.4. The molecule has 6 rings (SSSR count). The van der Waals surface area contributed by atoms with Crippen LogP contribution in [-0.4, -0.2) is 93.3 Å². The number of carbonyl (C=O) groups is 4. The molecule has 0 aromatic carbocycles.